The van der Waals surface area contributed by atoms with Crippen molar-refractivity contribution in [2.75, 3.05) is 6.54 Å². The van der Waals surface area contributed by atoms with E-state index in [4.69, 9.17) is 0 Å². The summed E-state index contributed by atoms with van der Waals surface area (Å²) in [4.78, 5) is 1.48. The topological polar surface area (TPSA) is 12.0 Å². The molecule has 2 unspecified atom stereocenters. The summed E-state index contributed by atoms with van der Waals surface area (Å²) in [5.41, 5.74) is 0.475. The van der Waals surface area contributed by atoms with E-state index in [9.17, 15) is 0 Å². The zero-order valence-electron chi connectivity index (χ0n) is 10.9. The molecule has 0 aliphatic heterocycles. The van der Waals surface area contributed by atoms with Gasteiger partial charge in [0, 0.05) is 10.9 Å². The number of hydrogen-bond acceptors (Lipinski definition) is 2. The first kappa shape index (κ1) is 13.6. The molecule has 0 bridgehead atoms. The van der Waals surface area contributed by atoms with E-state index >= 15 is 0 Å². The minimum absolute atomic E-state index is 0.475. The summed E-state index contributed by atoms with van der Waals surface area (Å²) in [7, 11) is 0. The fourth-order valence-corrected chi connectivity index (χ4v) is 4.69. The van der Waals surface area contributed by atoms with Crippen molar-refractivity contribution in [3.8, 4) is 0 Å². The van der Waals surface area contributed by atoms with E-state index in [2.05, 4.69) is 54.2 Å². The number of hydrogen-bond donors (Lipinski definition) is 1. The van der Waals surface area contributed by atoms with Crippen LogP contribution in [0.5, 0.6) is 0 Å². The molecule has 3 heteroatoms. The molecule has 1 aromatic heterocycles. The third-order valence-electron chi connectivity index (χ3n) is 4.07. The van der Waals surface area contributed by atoms with Crippen LogP contribution in [0.4, 0.5) is 0 Å². The lowest BCUT2D eigenvalue weighted by molar-refractivity contribution is 0.201. The van der Waals surface area contributed by atoms with E-state index in [1.807, 2.05) is 11.3 Å². The van der Waals surface area contributed by atoms with Crippen molar-refractivity contribution in [2.24, 2.45) is 11.3 Å². The van der Waals surface area contributed by atoms with E-state index in [0.717, 1.165) is 12.5 Å². The van der Waals surface area contributed by atoms with Gasteiger partial charge in [0.05, 0.1) is 3.79 Å². The second-order valence-corrected chi connectivity index (χ2v) is 8.16. The van der Waals surface area contributed by atoms with Gasteiger partial charge in [-0.2, -0.15) is 0 Å². The van der Waals surface area contributed by atoms with Crippen LogP contribution >= 0.6 is 27.3 Å². The van der Waals surface area contributed by atoms with Crippen LogP contribution in [-0.2, 0) is 0 Å². The monoisotopic (exact) mass is 315 g/mol. The third-order valence-corrected chi connectivity index (χ3v) is 5.77. The van der Waals surface area contributed by atoms with Crippen LogP contribution in [0, 0.1) is 11.3 Å². The maximum absolute atomic E-state index is 3.70. The molecule has 1 aromatic rings. The van der Waals surface area contributed by atoms with Crippen LogP contribution in [0.2, 0.25) is 0 Å². The standard InChI is InChI=1S/C14H22BrNS/c1-4-16-13(11-7-8-12(15)17-11)10-6-5-9-14(10,2)3/h7-8,10,13,16H,4-6,9H2,1-3H3. The Bertz CT molecular complexity index is 372. The van der Waals surface area contributed by atoms with Crippen molar-refractivity contribution < 1.29 is 0 Å². The Morgan fingerprint density at radius 3 is 2.76 bits per heavy atom. The van der Waals surface area contributed by atoms with Gasteiger partial charge in [0.2, 0.25) is 0 Å². The highest BCUT2D eigenvalue weighted by Gasteiger charge is 2.40. The second-order valence-electron chi connectivity index (χ2n) is 5.66. The largest absolute Gasteiger partial charge is 0.309 e. The molecule has 0 amide bonds. The Morgan fingerprint density at radius 1 is 1.53 bits per heavy atom. The smallest absolute Gasteiger partial charge is 0.0701 e. The van der Waals surface area contributed by atoms with Gasteiger partial charge in [-0.05, 0) is 58.8 Å². The van der Waals surface area contributed by atoms with E-state index in [1.54, 1.807) is 0 Å². The summed E-state index contributed by atoms with van der Waals surface area (Å²) in [5, 5.41) is 3.70. The van der Waals surface area contributed by atoms with Crippen molar-refractivity contribution in [1.29, 1.82) is 0 Å². The Hall–Kier alpha value is 0.140. The van der Waals surface area contributed by atoms with E-state index in [-0.39, 0.29) is 0 Å². The predicted molar refractivity (Wildman–Crippen MR) is 79.6 cm³/mol. The van der Waals surface area contributed by atoms with Gasteiger partial charge in [-0.25, -0.2) is 0 Å². The molecule has 1 aliphatic carbocycles. The van der Waals surface area contributed by atoms with E-state index in [0.29, 0.717) is 11.5 Å². The van der Waals surface area contributed by atoms with Crippen molar-refractivity contribution in [3.05, 3.63) is 20.8 Å². The van der Waals surface area contributed by atoms with Crippen molar-refractivity contribution in [2.45, 2.75) is 46.1 Å². The van der Waals surface area contributed by atoms with Crippen molar-refractivity contribution in [1.82, 2.24) is 5.32 Å². The number of nitrogens with one attached hydrogen (secondary N) is 1. The summed E-state index contributed by atoms with van der Waals surface area (Å²) in [6.07, 6.45) is 4.11. The number of halogens is 1. The molecule has 96 valence electrons. The molecular weight excluding hydrogens is 294 g/mol. The Kier molecular flexibility index (Phi) is 4.32. The zero-order chi connectivity index (χ0) is 12.5. The van der Waals surface area contributed by atoms with Crippen LogP contribution in [0.3, 0.4) is 0 Å². The first-order valence-corrected chi connectivity index (χ1v) is 8.14. The molecule has 0 spiro atoms. The van der Waals surface area contributed by atoms with Gasteiger partial charge in [0.25, 0.3) is 0 Å². The van der Waals surface area contributed by atoms with E-state index in [1.165, 1.54) is 27.9 Å². The number of thiophene rings is 1. The van der Waals surface area contributed by atoms with Gasteiger partial charge in [-0.3, -0.25) is 0 Å². The molecule has 2 rings (SSSR count). The van der Waals surface area contributed by atoms with Gasteiger partial charge in [0.15, 0.2) is 0 Å². The lowest BCUT2D eigenvalue weighted by atomic mass is 9.77. The normalized spacial score (nSPS) is 25.1. The summed E-state index contributed by atoms with van der Waals surface area (Å²) in [5.74, 6) is 0.771. The lowest BCUT2D eigenvalue weighted by Crippen LogP contribution is -2.33. The zero-order valence-corrected chi connectivity index (χ0v) is 13.3. The quantitative estimate of drug-likeness (QED) is 0.825. The molecule has 1 heterocycles. The first-order chi connectivity index (χ1) is 8.04. The molecule has 1 nitrogen and oxygen atoms in total. The Balaban J connectivity index is 2.23. The molecular formula is C14H22BrNS. The molecule has 0 aromatic carbocycles. The minimum Gasteiger partial charge on any atom is -0.309 e. The second kappa shape index (κ2) is 5.41. The summed E-state index contributed by atoms with van der Waals surface area (Å²) >= 11 is 5.46. The molecule has 17 heavy (non-hydrogen) atoms. The molecule has 1 aliphatic rings. The number of rotatable bonds is 4. The molecule has 1 saturated carbocycles. The highest BCUT2D eigenvalue weighted by Crippen LogP contribution is 2.49. The lowest BCUT2D eigenvalue weighted by Gasteiger charge is -2.34. The fraction of sp³-hybridized carbons (Fsp3) is 0.714. The fourth-order valence-electron chi connectivity index (χ4n) is 3.13. The summed E-state index contributed by atoms with van der Waals surface area (Å²) in [6.45, 7) is 8.11. The summed E-state index contributed by atoms with van der Waals surface area (Å²) < 4.78 is 1.24. The molecule has 2 atom stereocenters. The van der Waals surface area contributed by atoms with Gasteiger partial charge in [0.1, 0.15) is 0 Å². The first-order valence-electron chi connectivity index (χ1n) is 6.53. The van der Waals surface area contributed by atoms with Crippen LogP contribution in [-0.4, -0.2) is 6.54 Å². The predicted octanol–water partition coefficient (Wildman–Crippen LogP) is 4.99. The summed E-state index contributed by atoms with van der Waals surface area (Å²) in [6, 6.07) is 4.98. The maximum Gasteiger partial charge on any atom is 0.0701 e. The Morgan fingerprint density at radius 2 is 2.29 bits per heavy atom. The highest BCUT2D eigenvalue weighted by atomic mass is 79.9. The van der Waals surface area contributed by atoms with Crippen LogP contribution < -0.4 is 5.32 Å². The molecule has 0 radical (unpaired) electrons. The minimum atomic E-state index is 0.475. The average molecular weight is 316 g/mol. The Labute approximate surface area is 117 Å². The molecule has 1 N–H and O–H groups in total. The molecule has 0 saturated heterocycles. The van der Waals surface area contributed by atoms with Gasteiger partial charge < -0.3 is 5.32 Å². The van der Waals surface area contributed by atoms with Crippen LogP contribution in [0.25, 0.3) is 0 Å². The van der Waals surface area contributed by atoms with Crippen LogP contribution in [0.1, 0.15) is 51.0 Å². The van der Waals surface area contributed by atoms with Gasteiger partial charge in [-0.1, -0.05) is 27.2 Å². The van der Waals surface area contributed by atoms with Crippen LogP contribution in [0.15, 0.2) is 15.9 Å². The third kappa shape index (κ3) is 2.94. The maximum atomic E-state index is 3.70. The average Bonchev–Trinajstić information content (AvgIpc) is 2.81. The van der Waals surface area contributed by atoms with Crippen molar-refractivity contribution >= 4 is 27.3 Å². The molecule has 1 fully saturated rings. The van der Waals surface area contributed by atoms with Gasteiger partial charge in [-0.15, -0.1) is 11.3 Å². The van der Waals surface area contributed by atoms with E-state index < -0.39 is 0 Å². The van der Waals surface area contributed by atoms with Gasteiger partial charge >= 0.3 is 0 Å². The highest BCUT2D eigenvalue weighted by molar-refractivity contribution is 9.11. The van der Waals surface area contributed by atoms with Crippen molar-refractivity contribution in [3.63, 3.8) is 0 Å². The SMILES string of the molecule is CCNC(c1ccc(Br)s1)C1CCCC1(C)C.